The second-order valence-electron chi connectivity index (χ2n) is 12.7. The van der Waals surface area contributed by atoms with E-state index < -0.39 is 96.4 Å². The van der Waals surface area contributed by atoms with E-state index in [9.17, 15) is 48.9 Å². The number of carbonyl (C=O) groups is 7. The Bertz CT molecular complexity index is 1390. The van der Waals surface area contributed by atoms with Crippen LogP contribution in [0.2, 0.25) is 0 Å². The number of unbranched alkanes of at least 4 members (excludes halogenated alkanes) is 1. The molecule has 57 heavy (non-hydrogen) atoms. The van der Waals surface area contributed by atoms with Crippen LogP contribution >= 0.6 is 25.3 Å². The molecule has 0 aliphatic heterocycles. The number of nitrogens with two attached hydrogens (primary N) is 6. The van der Waals surface area contributed by atoms with Crippen LogP contribution in [0.25, 0.3) is 0 Å². The number of thiol groups is 2. The average Bonchev–Trinajstić information content (AvgIpc) is 3.15. The molecule has 0 unspecified atom stereocenters. The summed E-state index contributed by atoms with van der Waals surface area (Å²) >= 11 is 8.18. The van der Waals surface area contributed by atoms with E-state index in [2.05, 4.69) is 67.1 Å². The molecule has 8 atom stereocenters. The van der Waals surface area contributed by atoms with Crippen LogP contribution in [0.5, 0.6) is 0 Å². The number of aliphatic hydroxyl groups excluding tert-OH is 2. The van der Waals surface area contributed by atoms with Crippen molar-refractivity contribution in [3.8, 4) is 0 Å². The number of aliphatic hydroxyl groups is 2. The molecule has 21 N–H and O–H groups in total. The first kappa shape index (κ1) is 52.4. The van der Waals surface area contributed by atoms with E-state index in [4.69, 9.17) is 34.4 Å². The summed E-state index contributed by atoms with van der Waals surface area (Å²) in [4.78, 5) is 97.8. The first-order valence-electron chi connectivity index (χ1n) is 17.9. The van der Waals surface area contributed by atoms with E-state index in [1.54, 1.807) is 0 Å². The van der Waals surface area contributed by atoms with Gasteiger partial charge in [0.1, 0.15) is 36.3 Å². The highest BCUT2D eigenvalue weighted by atomic mass is 32.1. The largest absolute Gasteiger partial charge is 0.480 e. The zero-order chi connectivity index (χ0) is 43.7. The fraction of sp³-hybridized carbons (Fsp3) is 0.710. The van der Waals surface area contributed by atoms with Crippen LogP contribution in [0.3, 0.4) is 0 Å². The van der Waals surface area contributed by atoms with Crippen molar-refractivity contribution in [3.63, 3.8) is 0 Å². The van der Waals surface area contributed by atoms with Gasteiger partial charge in [0.15, 0.2) is 11.9 Å². The molecule has 0 spiro atoms. The van der Waals surface area contributed by atoms with Crippen molar-refractivity contribution in [2.24, 2.45) is 44.4 Å². The summed E-state index contributed by atoms with van der Waals surface area (Å²) < 4.78 is 0. The van der Waals surface area contributed by atoms with Gasteiger partial charge >= 0.3 is 5.97 Å². The predicted octanol–water partition coefficient (Wildman–Crippen LogP) is -7.22. The number of carboxylic acid groups (broad SMARTS) is 1. The normalized spacial score (nSPS) is 15.1. The van der Waals surface area contributed by atoms with Crippen LogP contribution in [0.15, 0.2) is 9.98 Å². The van der Waals surface area contributed by atoms with Gasteiger partial charge in [-0.1, -0.05) is 6.42 Å². The molecule has 0 heterocycles. The van der Waals surface area contributed by atoms with E-state index in [0.29, 0.717) is 19.4 Å². The van der Waals surface area contributed by atoms with Crippen molar-refractivity contribution in [3.05, 3.63) is 0 Å². The Morgan fingerprint density at radius 2 is 1.02 bits per heavy atom. The molecule has 0 aliphatic rings. The Morgan fingerprint density at radius 3 is 1.46 bits per heavy atom. The summed E-state index contributed by atoms with van der Waals surface area (Å²) in [5, 5.41) is 43.9. The molecule has 326 valence electrons. The fourth-order valence-corrected chi connectivity index (χ4v) is 5.29. The molecule has 0 aromatic carbocycles. The topological polar surface area (TPSA) is 433 Å². The van der Waals surface area contributed by atoms with Gasteiger partial charge in [-0.3, -0.25) is 38.8 Å². The molecule has 0 aliphatic carbocycles. The van der Waals surface area contributed by atoms with Gasteiger partial charge in [-0.15, -0.1) is 0 Å². The van der Waals surface area contributed by atoms with Crippen LogP contribution in [-0.4, -0.2) is 155 Å². The number of nitrogens with zero attached hydrogens (tertiary/aromatic N) is 2. The quantitative estimate of drug-likeness (QED) is 0.0144. The number of nitrogens with one attached hydrogen (secondary N) is 6. The van der Waals surface area contributed by atoms with E-state index >= 15 is 0 Å². The number of aliphatic imine (C=N–C) groups is 2. The molecular formula is C31H60N14O10S2. The highest BCUT2D eigenvalue weighted by Gasteiger charge is 2.34. The third-order valence-electron chi connectivity index (χ3n) is 7.95. The number of amides is 6. The number of hydrogen-bond donors (Lipinski definition) is 17. The summed E-state index contributed by atoms with van der Waals surface area (Å²) in [5.74, 6) is -8.01. The average molecular weight is 853 g/mol. The highest BCUT2D eigenvalue weighted by Crippen LogP contribution is 2.06. The Labute approximate surface area is 341 Å². The number of carboxylic acids is 1. The van der Waals surface area contributed by atoms with Crippen LogP contribution in [-0.2, 0) is 33.6 Å². The Morgan fingerprint density at radius 1 is 0.596 bits per heavy atom. The standard InChI is InChI=1S/C31H60N14O10S2/c1-15(47)22(45-23(48)16(33)6-2-3-9-32)28(53)44-21(14-57)27(52)43-20(13-56)26(51)42-19(12-46)25(50)40-17(7-4-10-38-30(34)35)24(49)41-18(29(54)55)8-5-11-39-31(36)37/h15-22,46-47,56-57H,2-14,32-33H2,1H3,(H,40,50)(H,41,49)(H,42,51)(H,43,52)(H,44,53)(H,45,48)(H,54,55)(H4,34,35,38)(H4,36,37,39)/t15-,16+,17+,18+,19+,20+,21+,22+/m1/s1. The zero-order valence-electron chi connectivity index (χ0n) is 31.8. The molecule has 24 nitrogen and oxygen atoms in total. The number of aliphatic carboxylic acids is 1. The second-order valence-corrected chi connectivity index (χ2v) is 13.4. The Balaban J connectivity index is 5.77. The number of carbonyl (C=O) groups excluding carboxylic acids is 6. The molecule has 0 bridgehead atoms. The van der Waals surface area contributed by atoms with Crippen molar-refractivity contribution < 1.29 is 48.9 Å². The summed E-state index contributed by atoms with van der Waals surface area (Å²) in [6.07, 6.45) is 0.203. The molecule has 6 amide bonds. The Kier molecular flexibility index (Phi) is 26.4. The van der Waals surface area contributed by atoms with E-state index in [0.717, 1.165) is 0 Å². The third-order valence-corrected chi connectivity index (χ3v) is 8.68. The lowest BCUT2D eigenvalue weighted by atomic mass is 10.1. The van der Waals surface area contributed by atoms with Crippen LogP contribution in [0.1, 0.15) is 51.9 Å². The number of guanidine groups is 2. The van der Waals surface area contributed by atoms with Gasteiger partial charge in [0, 0.05) is 24.6 Å². The zero-order valence-corrected chi connectivity index (χ0v) is 33.6. The Hall–Kier alpha value is -4.63. The summed E-state index contributed by atoms with van der Waals surface area (Å²) in [7, 11) is 0. The van der Waals surface area contributed by atoms with Crippen molar-refractivity contribution in [2.75, 3.05) is 37.7 Å². The van der Waals surface area contributed by atoms with Gasteiger partial charge in [0.2, 0.25) is 35.4 Å². The molecular weight excluding hydrogens is 793 g/mol. The van der Waals surface area contributed by atoms with Gasteiger partial charge in [-0.2, -0.15) is 25.3 Å². The molecule has 0 aromatic rings. The fourth-order valence-electron chi connectivity index (χ4n) is 4.77. The van der Waals surface area contributed by atoms with Gasteiger partial charge in [0.05, 0.1) is 18.8 Å². The minimum absolute atomic E-state index is 0.0399. The molecule has 0 saturated carbocycles. The SMILES string of the molecule is C[C@@H](O)[C@H](NC(=O)[C@@H](N)CCCCN)C(=O)N[C@@H](CS)C(=O)N[C@@H](CS)C(=O)N[C@@H](CO)C(=O)N[C@@H](CCCN=C(N)N)C(=O)N[C@@H](CCCN=C(N)N)C(=O)O. The molecule has 0 rings (SSSR count). The molecule has 26 heteroatoms. The van der Waals surface area contributed by atoms with Gasteiger partial charge in [-0.05, 0) is 52.0 Å². The summed E-state index contributed by atoms with van der Waals surface area (Å²) in [6.45, 7) is 0.793. The van der Waals surface area contributed by atoms with E-state index in [-0.39, 0.29) is 68.6 Å². The third kappa shape index (κ3) is 21.5. The summed E-state index contributed by atoms with van der Waals surface area (Å²) in [5.41, 5.74) is 32.6. The summed E-state index contributed by atoms with van der Waals surface area (Å²) in [6, 6.07) is -9.82. The molecule has 0 fully saturated rings. The lowest BCUT2D eigenvalue weighted by Gasteiger charge is -2.27. The van der Waals surface area contributed by atoms with E-state index in [1.807, 2.05) is 0 Å². The minimum atomic E-state index is -1.68. The first-order valence-corrected chi connectivity index (χ1v) is 19.2. The van der Waals surface area contributed by atoms with Crippen molar-refractivity contribution in [1.29, 1.82) is 0 Å². The monoisotopic (exact) mass is 852 g/mol. The lowest BCUT2D eigenvalue weighted by molar-refractivity contribution is -0.142. The van der Waals surface area contributed by atoms with Crippen molar-refractivity contribution in [2.45, 2.75) is 100 Å². The second kappa shape index (κ2) is 28.7. The van der Waals surface area contributed by atoms with Gasteiger partial charge in [-0.25, -0.2) is 4.79 Å². The maximum absolute atomic E-state index is 13.3. The number of hydrogen-bond acceptors (Lipinski definition) is 15. The van der Waals surface area contributed by atoms with Gasteiger partial charge in [0.25, 0.3) is 0 Å². The maximum Gasteiger partial charge on any atom is 0.326 e. The number of rotatable bonds is 29. The van der Waals surface area contributed by atoms with E-state index in [1.165, 1.54) is 6.92 Å². The first-order chi connectivity index (χ1) is 26.8. The minimum Gasteiger partial charge on any atom is -0.480 e. The molecule has 0 radical (unpaired) electrons. The smallest absolute Gasteiger partial charge is 0.326 e. The van der Waals surface area contributed by atoms with Crippen LogP contribution < -0.4 is 66.3 Å². The molecule has 0 saturated heterocycles. The van der Waals surface area contributed by atoms with Gasteiger partial charge < -0.3 is 81.6 Å². The lowest BCUT2D eigenvalue weighted by Crippen LogP contribution is -2.62. The van der Waals surface area contributed by atoms with Crippen molar-refractivity contribution >= 4 is 78.6 Å². The molecule has 0 aromatic heterocycles. The van der Waals surface area contributed by atoms with Crippen LogP contribution in [0, 0.1) is 0 Å². The highest BCUT2D eigenvalue weighted by molar-refractivity contribution is 7.80. The predicted molar refractivity (Wildman–Crippen MR) is 216 cm³/mol. The van der Waals surface area contributed by atoms with Crippen molar-refractivity contribution in [1.82, 2.24) is 31.9 Å². The maximum atomic E-state index is 13.3. The van der Waals surface area contributed by atoms with Crippen LogP contribution in [0.4, 0.5) is 0 Å².